The highest BCUT2D eigenvalue weighted by Gasteiger charge is 2.45. The highest BCUT2D eigenvalue weighted by Crippen LogP contribution is 2.35. The Bertz CT molecular complexity index is 714. The summed E-state index contributed by atoms with van der Waals surface area (Å²) >= 11 is 1.54. The summed E-state index contributed by atoms with van der Waals surface area (Å²) in [4.78, 5) is 29.1. The maximum atomic E-state index is 12.7. The van der Waals surface area contributed by atoms with Gasteiger partial charge in [-0.25, -0.2) is 0 Å². The highest BCUT2D eigenvalue weighted by molar-refractivity contribution is 7.08. The van der Waals surface area contributed by atoms with Gasteiger partial charge in [0.05, 0.1) is 17.6 Å². The summed E-state index contributed by atoms with van der Waals surface area (Å²) in [5, 5.41) is 3.83. The van der Waals surface area contributed by atoms with E-state index in [1.54, 1.807) is 11.3 Å². The Kier molecular flexibility index (Phi) is 3.65. The summed E-state index contributed by atoms with van der Waals surface area (Å²) < 4.78 is 0. The summed E-state index contributed by atoms with van der Waals surface area (Å²) in [6, 6.07) is 11.9. The summed E-state index contributed by atoms with van der Waals surface area (Å²) in [6.45, 7) is 0.723. The number of para-hydroxylation sites is 1. The van der Waals surface area contributed by atoms with Crippen LogP contribution in [-0.4, -0.2) is 35.3 Å². The monoisotopic (exact) mass is 326 g/mol. The zero-order chi connectivity index (χ0) is 15.8. The highest BCUT2D eigenvalue weighted by atomic mass is 32.1. The molecule has 1 aromatic carbocycles. The average molecular weight is 326 g/mol. The van der Waals surface area contributed by atoms with Crippen molar-refractivity contribution < 1.29 is 9.59 Å². The van der Waals surface area contributed by atoms with E-state index in [-0.39, 0.29) is 23.9 Å². The summed E-state index contributed by atoms with van der Waals surface area (Å²) in [5.41, 5.74) is 1.70. The van der Waals surface area contributed by atoms with Crippen LogP contribution in [0.5, 0.6) is 0 Å². The van der Waals surface area contributed by atoms with Gasteiger partial charge in [0.2, 0.25) is 5.91 Å². The first-order valence-corrected chi connectivity index (χ1v) is 8.90. The Morgan fingerprint density at radius 1 is 1.09 bits per heavy atom. The third-order valence-corrected chi connectivity index (χ3v) is 5.51. The molecule has 4 nitrogen and oxygen atoms in total. The number of fused-ring (bicyclic) bond motifs is 1. The fraction of sp³-hybridized carbons (Fsp3) is 0.333. The van der Waals surface area contributed by atoms with Gasteiger partial charge >= 0.3 is 0 Å². The average Bonchev–Trinajstić information content (AvgIpc) is 3.24. The van der Waals surface area contributed by atoms with Crippen molar-refractivity contribution in [3.8, 4) is 0 Å². The normalized spacial score (nSPS) is 23.9. The second-order valence-electron chi connectivity index (χ2n) is 6.07. The standard InChI is InChI=1S/C18H18N2O2S/c21-17-7-6-15-16(20(17)14-4-2-1-3-5-14)8-10-19(15)18(22)13-9-11-23-12-13/h1-5,9,11-12,15-16H,6-8,10H2/t15-,16-/m1/s1. The molecule has 1 aromatic heterocycles. The lowest BCUT2D eigenvalue weighted by atomic mass is 9.95. The number of anilines is 1. The molecule has 0 N–H and O–H groups in total. The van der Waals surface area contributed by atoms with Crippen molar-refractivity contribution >= 4 is 28.8 Å². The Morgan fingerprint density at radius 3 is 2.65 bits per heavy atom. The largest absolute Gasteiger partial charge is 0.333 e. The maximum Gasteiger partial charge on any atom is 0.255 e. The third kappa shape index (κ3) is 2.45. The molecule has 0 aliphatic carbocycles. The molecule has 5 heteroatoms. The molecule has 4 rings (SSSR count). The van der Waals surface area contributed by atoms with Crippen molar-refractivity contribution in [2.75, 3.05) is 11.4 Å². The van der Waals surface area contributed by atoms with Gasteiger partial charge in [0.15, 0.2) is 0 Å². The lowest BCUT2D eigenvalue weighted by Gasteiger charge is -2.39. The molecule has 2 aliphatic rings. The zero-order valence-corrected chi connectivity index (χ0v) is 13.5. The second kappa shape index (κ2) is 5.81. The molecule has 0 saturated carbocycles. The van der Waals surface area contributed by atoms with E-state index in [0.29, 0.717) is 6.42 Å². The van der Waals surface area contributed by atoms with E-state index in [1.165, 1.54) is 0 Å². The van der Waals surface area contributed by atoms with Crippen LogP contribution in [0.25, 0.3) is 0 Å². The molecule has 2 atom stereocenters. The molecule has 3 heterocycles. The number of carbonyl (C=O) groups excluding carboxylic acids is 2. The maximum absolute atomic E-state index is 12.7. The first-order chi connectivity index (χ1) is 11.3. The number of thiophene rings is 1. The second-order valence-corrected chi connectivity index (χ2v) is 6.85. The van der Waals surface area contributed by atoms with Gasteiger partial charge < -0.3 is 9.80 Å². The molecule has 2 aromatic rings. The van der Waals surface area contributed by atoms with Crippen LogP contribution in [0, 0.1) is 0 Å². The lowest BCUT2D eigenvalue weighted by molar-refractivity contribution is -0.120. The van der Waals surface area contributed by atoms with E-state index < -0.39 is 0 Å². The Morgan fingerprint density at radius 2 is 1.91 bits per heavy atom. The van der Waals surface area contributed by atoms with Crippen molar-refractivity contribution in [2.24, 2.45) is 0 Å². The molecule has 23 heavy (non-hydrogen) atoms. The van der Waals surface area contributed by atoms with Gasteiger partial charge in [-0.1, -0.05) is 18.2 Å². The minimum Gasteiger partial charge on any atom is -0.333 e. The molecular formula is C18H18N2O2S. The predicted octanol–water partition coefficient (Wildman–Crippen LogP) is 3.16. The lowest BCUT2D eigenvalue weighted by Crippen LogP contribution is -2.53. The van der Waals surface area contributed by atoms with Gasteiger partial charge in [-0.3, -0.25) is 9.59 Å². The van der Waals surface area contributed by atoms with Crippen LogP contribution in [0.1, 0.15) is 29.6 Å². The van der Waals surface area contributed by atoms with Crippen LogP contribution in [0.4, 0.5) is 5.69 Å². The molecule has 0 spiro atoms. The number of benzene rings is 1. The first-order valence-electron chi connectivity index (χ1n) is 7.96. The van der Waals surface area contributed by atoms with Gasteiger partial charge in [-0.05, 0) is 36.4 Å². The summed E-state index contributed by atoms with van der Waals surface area (Å²) in [5.74, 6) is 0.267. The fourth-order valence-electron chi connectivity index (χ4n) is 3.79. The Hall–Kier alpha value is -2.14. The molecule has 2 amide bonds. The molecule has 0 bridgehead atoms. The van der Waals surface area contributed by atoms with Crippen LogP contribution < -0.4 is 4.90 Å². The predicted molar refractivity (Wildman–Crippen MR) is 90.7 cm³/mol. The number of carbonyl (C=O) groups is 2. The van der Waals surface area contributed by atoms with E-state index in [4.69, 9.17) is 0 Å². The smallest absolute Gasteiger partial charge is 0.255 e. The van der Waals surface area contributed by atoms with Crippen LogP contribution in [0.3, 0.4) is 0 Å². The molecule has 2 saturated heterocycles. The van der Waals surface area contributed by atoms with E-state index in [2.05, 4.69) is 0 Å². The van der Waals surface area contributed by atoms with Crippen LogP contribution in [-0.2, 0) is 4.79 Å². The van der Waals surface area contributed by atoms with Gasteiger partial charge in [-0.2, -0.15) is 11.3 Å². The van der Waals surface area contributed by atoms with Crippen molar-refractivity contribution in [2.45, 2.75) is 31.3 Å². The Labute approximate surface area is 139 Å². The van der Waals surface area contributed by atoms with Crippen LogP contribution in [0.15, 0.2) is 47.2 Å². The van der Waals surface area contributed by atoms with Crippen molar-refractivity contribution in [3.05, 3.63) is 52.7 Å². The van der Waals surface area contributed by atoms with Crippen molar-refractivity contribution in [1.82, 2.24) is 4.90 Å². The Balaban J connectivity index is 1.62. The third-order valence-electron chi connectivity index (χ3n) is 4.83. The molecule has 2 fully saturated rings. The molecule has 118 valence electrons. The van der Waals surface area contributed by atoms with Gasteiger partial charge in [0.25, 0.3) is 5.91 Å². The minimum atomic E-state index is 0.0983. The summed E-state index contributed by atoms with van der Waals surface area (Å²) in [6.07, 6.45) is 2.12. The number of hydrogen-bond acceptors (Lipinski definition) is 3. The SMILES string of the molecule is O=C(c1ccsc1)N1CC[C@@H]2[C@H]1CCC(=O)N2c1ccccc1. The number of hydrogen-bond donors (Lipinski definition) is 0. The number of nitrogens with zero attached hydrogens (tertiary/aromatic N) is 2. The fourth-order valence-corrected chi connectivity index (χ4v) is 4.42. The van der Waals surface area contributed by atoms with Gasteiger partial charge in [-0.15, -0.1) is 0 Å². The number of rotatable bonds is 2. The van der Waals surface area contributed by atoms with E-state index in [0.717, 1.165) is 30.6 Å². The number of amides is 2. The summed E-state index contributed by atoms with van der Waals surface area (Å²) in [7, 11) is 0. The molecule has 0 radical (unpaired) electrons. The minimum absolute atomic E-state index is 0.0983. The zero-order valence-electron chi connectivity index (χ0n) is 12.7. The van der Waals surface area contributed by atoms with Crippen molar-refractivity contribution in [3.63, 3.8) is 0 Å². The molecule has 2 aliphatic heterocycles. The molecular weight excluding hydrogens is 308 g/mol. The van der Waals surface area contributed by atoms with Crippen molar-refractivity contribution in [1.29, 1.82) is 0 Å². The number of piperidine rings is 1. The van der Waals surface area contributed by atoms with Gasteiger partial charge in [0, 0.05) is 24.0 Å². The van der Waals surface area contributed by atoms with Crippen LogP contribution >= 0.6 is 11.3 Å². The first kappa shape index (κ1) is 14.5. The van der Waals surface area contributed by atoms with E-state index in [9.17, 15) is 9.59 Å². The topological polar surface area (TPSA) is 40.6 Å². The van der Waals surface area contributed by atoms with E-state index in [1.807, 2.05) is 57.0 Å². The quantitative estimate of drug-likeness (QED) is 0.850. The molecule has 0 unspecified atom stereocenters. The van der Waals surface area contributed by atoms with E-state index >= 15 is 0 Å². The number of likely N-dealkylation sites (tertiary alicyclic amines) is 1. The van der Waals surface area contributed by atoms with Crippen LogP contribution in [0.2, 0.25) is 0 Å². The van der Waals surface area contributed by atoms with Gasteiger partial charge in [0.1, 0.15) is 0 Å².